The Morgan fingerprint density at radius 2 is 1.52 bits per heavy atom. The lowest BCUT2D eigenvalue weighted by atomic mass is 9.61. The van der Waals surface area contributed by atoms with E-state index in [0.717, 1.165) is 16.7 Å². The lowest BCUT2D eigenvalue weighted by Gasteiger charge is -2.33. The Hall–Kier alpha value is -2.58. The largest absolute Gasteiger partial charge is 0.451 e. The van der Waals surface area contributed by atoms with Crippen molar-refractivity contribution in [1.82, 2.24) is 0 Å². The maximum atomic E-state index is 13.0. The van der Waals surface area contributed by atoms with Crippen molar-refractivity contribution in [1.29, 1.82) is 0 Å². The Kier molecular flexibility index (Phi) is 8.09. The highest BCUT2D eigenvalue weighted by Gasteiger charge is 2.49. The van der Waals surface area contributed by atoms with Gasteiger partial charge in [0.1, 0.15) is 0 Å². The number of rotatable bonds is 7. The molecule has 2 aromatic carbocycles. The van der Waals surface area contributed by atoms with Crippen molar-refractivity contribution in [2.24, 2.45) is 11.8 Å². The second kappa shape index (κ2) is 10.2. The van der Waals surface area contributed by atoms with Gasteiger partial charge in [0.2, 0.25) is 5.92 Å². The second-order valence-electron chi connectivity index (χ2n) is 8.13. The summed E-state index contributed by atoms with van der Waals surface area (Å²) in [6.45, 7) is 3.67. The number of Topliss-reactive ketones (excluding diaryl/α,β-unsaturated/α-hetero) is 1. The van der Waals surface area contributed by atoms with Crippen LogP contribution in [0, 0.1) is 11.8 Å². The highest BCUT2D eigenvalue weighted by atomic mass is 32.1. The number of benzene rings is 2. The van der Waals surface area contributed by atoms with Crippen LogP contribution in [0.5, 0.6) is 0 Å². The fourth-order valence-electron chi connectivity index (χ4n) is 3.65. The van der Waals surface area contributed by atoms with Gasteiger partial charge in [0.15, 0.2) is 5.78 Å². The number of hydrogen-bond acceptors (Lipinski definition) is 6. The number of ketones is 1. The molecule has 1 saturated heterocycles. The van der Waals surface area contributed by atoms with Crippen molar-refractivity contribution in [3.8, 4) is 11.1 Å². The molecule has 1 aliphatic rings. The first-order valence-electron chi connectivity index (χ1n) is 9.98. The quantitative estimate of drug-likeness (QED) is 0.402. The zero-order chi connectivity index (χ0) is 21.9. The zero-order valence-corrected chi connectivity index (χ0v) is 18.8. The van der Waals surface area contributed by atoms with Gasteiger partial charge in [-0.25, -0.2) is 0 Å². The summed E-state index contributed by atoms with van der Waals surface area (Å²) in [6.07, 6.45) is 0.416. The molecule has 0 unspecified atom stereocenters. The van der Waals surface area contributed by atoms with Crippen LogP contribution in [0.4, 0.5) is 0 Å². The molecule has 1 fully saturated rings. The Bertz CT molecular complexity index is 907. The fourth-order valence-corrected chi connectivity index (χ4v) is 3.65. The number of carbonyl (C=O) groups is 3. The predicted octanol–water partition coefficient (Wildman–Crippen LogP) is 3.26. The number of carbonyl (C=O) groups excluding carboxylic acids is 3. The van der Waals surface area contributed by atoms with E-state index in [1.54, 1.807) is 6.82 Å². The molecule has 0 spiro atoms. The van der Waals surface area contributed by atoms with Gasteiger partial charge in [-0.2, -0.15) is 13.5 Å². The average Bonchev–Trinajstić information content (AvgIpc) is 2.67. The van der Waals surface area contributed by atoms with E-state index in [-0.39, 0.29) is 19.8 Å². The van der Waals surface area contributed by atoms with E-state index in [9.17, 15) is 19.4 Å². The third kappa shape index (κ3) is 6.21. The first-order chi connectivity index (χ1) is 14.2. The highest BCUT2D eigenvalue weighted by molar-refractivity contribution is 7.59. The molecular weight excluding hydrogens is 415 g/mol. The lowest BCUT2D eigenvalue weighted by Crippen LogP contribution is -2.50. The van der Waals surface area contributed by atoms with Gasteiger partial charge in [0.25, 0.3) is 12.7 Å². The molecule has 0 radical (unpaired) electrons. The van der Waals surface area contributed by atoms with Crippen LogP contribution in [0.1, 0.15) is 19.4 Å². The molecule has 1 heterocycles. The van der Waals surface area contributed by atoms with E-state index in [1.165, 1.54) is 13.8 Å². The Labute approximate surface area is 189 Å². The molecule has 164 valence electrons. The van der Waals surface area contributed by atoms with Crippen molar-refractivity contribution >= 4 is 38.1 Å². The smallest absolute Gasteiger partial charge is 0.331 e. The predicted molar refractivity (Wildman–Crippen MR) is 123 cm³/mol. The summed E-state index contributed by atoms with van der Waals surface area (Å²) >= 11 is 0. The molecule has 0 bridgehead atoms. The van der Waals surface area contributed by atoms with Gasteiger partial charge in [-0.15, -0.1) is 0 Å². The van der Waals surface area contributed by atoms with Gasteiger partial charge in [-0.1, -0.05) is 61.4 Å². The van der Waals surface area contributed by atoms with Crippen molar-refractivity contribution in [2.45, 2.75) is 39.2 Å². The molecule has 1 N–H and O–H groups in total. The monoisotopic (exact) mass is 442 g/mol. The number of esters is 2. The summed E-state index contributed by atoms with van der Waals surface area (Å²) < 4.78 is 10.2. The molecular formula is C23H27BO6S. The molecule has 0 saturated carbocycles. The van der Waals surface area contributed by atoms with Crippen molar-refractivity contribution < 1.29 is 28.9 Å². The van der Waals surface area contributed by atoms with E-state index in [2.05, 4.69) is 0 Å². The van der Waals surface area contributed by atoms with Crippen LogP contribution in [0.3, 0.4) is 0 Å². The Morgan fingerprint density at radius 1 is 1.00 bits per heavy atom. The molecule has 2 aromatic rings. The topological polar surface area (TPSA) is 89.9 Å². The third-order valence-electron chi connectivity index (χ3n) is 5.02. The van der Waals surface area contributed by atoms with Crippen molar-refractivity contribution in [2.75, 3.05) is 0 Å². The van der Waals surface area contributed by atoms with Gasteiger partial charge in [-0.3, -0.25) is 14.4 Å². The van der Waals surface area contributed by atoms with E-state index in [1.807, 2.05) is 54.6 Å². The molecule has 0 amide bonds. The standard InChI is InChI=1S/C23H25BO6.H2S/c1-23(2)29-21(26)19(22(27)30-23)20(25)18(14-24(3)28)13-15-9-11-17(12-10-15)16-7-5-4-6-8-16;/h4-12,18-19,28H,13-14H2,1-3H3;1H2/t18-;/m0./s1. The second-order valence-corrected chi connectivity index (χ2v) is 8.13. The normalized spacial score (nSPS) is 16.5. The van der Waals surface area contributed by atoms with E-state index < -0.39 is 42.3 Å². The van der Waals surface area contributed by atoms with Gasteiger partial charge in [0, 0.05) is 19.8 Å². The highest BCUT2D eigenvalue weighted by Crippen LogP contribution is 2.29. The maximum absolute atomic E-state index is 13.0. The molecule has 1 atom stereocenters. The number of cyclic esters (lactones) is 2. The first kappa shape index (κ1) is 24.7. The van der Waals surface area contributed by atoms with E-state index >= 15 is 0 Å². The maximum Gasteiger partial charge on any atom is 0.331 e. The summed E-state index contributed by atoms with van der Waals surface area (Å²) in [7, 11) is 0. The van der Waals surface area contributed by atoms with Crippen LogP contribution in [-0.2, 0) is 30.3 Å². The first-order valence-corrected chi connectivity index (χ1v) is 9.98. The van der Waals surface area contributed by atoms with Crippen LogP contribution in [0.15, 0.2) is 54.6 Å². The fraction of sp³-hybridized carbons (Fsp3) is 0.348. The van der Waals surface area contributed by atoms with E-state index in [0.29, 0.717) is 6.42 Å². The molecule has 6 nitrogen and oxygen atoms in total. The Morgan fingerprint density at radius 3 is 2.03 bits per heavy atom. The summed E-state index contributed by atoms with van der Waals surface area (Å²) in [5.74, 6) is -6.14. The van der Waals surface area contributed by atoms with Gasteiger partial charge in [-0.05, 0) is 29.4 Å². The van der Waals surface area contributed by atoms with E-state index in [4.69, 9.17) is 9.47 Å². The molecule has 0 aliphatic carbocycles. The van der Waals surface area contributed by atoms with Crippen LogP contribution in [0.25, 0.3) is 11.1 Å². The van der Waals surface area contributed by atoms with Gasteiger partial charge >= 0.3 is 11.9 Å². The summed E-state index contributed by atoms with van der Waals surface area (Å²) in [4.78, 5) is 37.6. The van der Waals surface area contributed by atoms with Crippen molar-refractivity contribution in [3.63, 3.8) is 0 Å². The minimum atomic E-state index is -1.62. The minimum absolute atomic E-state index is 0. The lowest BCUT2D eigenvalue weighted by molar-refractivity contribution is -0.238. The van der Waals surface area contributed by atoms with Crippen LogP contribution < -0.4 is 0 Å². The van der Waals surface area contributed by atoms with Crippen molar-refractivity contribution in [3.05, 3.63) is 60.2 Å². The zero-order valence-electron chi connectivity index (χ0n) is 17.8. The van der Waals surface area contributed by atoms with Gasteiger partial charge in [0.05, 0.1) is 0 Å². The average molecular weight is 442 g/mol. The number of ether oxygens (including phenoxy) is 2. The molecule has 3 rings (SSSR count). The molecule has 1 aliphatic heterocycles. The molecule has 31 heavy (non-hydrogen) atoms. The third-order valence-corrected chi connectivity index (χ3v) is 5.02. The van der Waals surface area contributed by atoms with Crippen LogP contribution >= 0.6 is 13.5 Å². The summed E-state index contributed by atoms with van der Waals surface area (Å²) in [5, 5.41) is 9.87. The summed E-state index contributed by atoms with van der Waals surface area (Å²) in [6, 6.07) is 17.6. The SMILES string of the molecule is CB(O)C[C@H](Cc1ccc(-c2ccccc2)cc1)C(=O)C1C(=O)OC(C)(C)OC1=O.S. The molecule has 8 heteroatoms. The number of hydrogen-bond donors (Lipinski definition) is 1. The minimum Gasteiger partial charge on any atom is -0.451 e. The van der Waals surface area contributed by atoms with Gasteiger partial charge < -0.3 is 14.5 Å². The Balaban J connectivity index is 0.00000341. The van der Waals surface area contributed by atoms with Crippen LogP contribution in [-0.4, -0.2) is 35.4 Å². The molecule has 0 aromatic heterocycles. The summed E-state index contributed by atoms with van der Waals surface area (Å²) in [5.41, 5.74) is 2.99. The van der Waals surface area contributed by atoms with Crippen LogP contribution in [0.2, 0.25) is 13.1 Å².